The van der Waals surface area contributed by atoms with Crippen molar-refractivity contribution in [2.24, 2.45) is 23.7 Å². The summed E-state index contributed by atoms with van der Waals surface area (Å²) in [6, 6.07) is 0. The lowest BCUT2D eigenvalue weighted by atomic mass is 10.0. The van der Waals surface area contributed by atoms with Gasteiger partial charge >= 0.3 is 39.5 Å². The van der Waals surface area contributed by atoms with Crippen LogP contribution < -0.4 is 0 Å². The van der Waals surface area contributed by atoms with E-state index in [1.165, 1.54) is 148 Å². The zero-order valence-electron chi connectivity index (χ0n) is 58.8. The number of unbranched alkanes of at least 4 members (excludes halogenated alkanes) is 34. The summed E-state index contributed by atoms with van der Waals surface area (Å²) in [5.41, 5.74) is 0. The van der Waals surface area contributed by atoms with Gasteiger partial charge in [0.2, 0.25) is 0 Å². The number of carbonyl (C=O) groups excluding carboxylic acids is 4. The highest BCUT2D eigenvalue weighted by molar-refractivity contribution is 7.47. The highest BCUT2D eigenvalue weighted by atomic mass is 31.2. The second-order valence-corrected chi connectivity index (χ2v) is 30.4. The minimum Gasteiger partial charge on any atom is -0.462 e. The molecule has 0 heterocycles. The second-order valence-electron chi connectivity index (χ2n) is 27.5. The van der Waals surface area contributed by atoms with Crippen LogP contribution in [-0.2, 0) is 65.4 Å². The average molecular weight is 1330 g/mol. The minimum atomic E-state index is -4.95. The fourth-order valence-electron chi connectivity index (χ4n) is 10.7. The van der Waals surface area contributed by atoms with E-state index >= 15 is 0 Å². The monoisotopic (exact) mass is 1320 g/mol. The van der Waals surface area contributed by atoms with Crippen LogP contribution in [0.25, 0.3) is 0 Å². The van der Waals surface area contributed by atoms with Crippen LogP contribution in [0.4, 0.5) is 0 Å². The Morgan fingerprint density at radius 3 is 0.689 bits per heavy atom. The molecule has 19 heteroatoms. The summed E-state index contributed by atoms with van der Waals surface area (Å²) in [6.07, 6.45) is 43.3. The van der Waals surface area contributed by atoms with Gasteiger partial charge in [-0.15, -0.1) is 0 Å². The topological polar surface area (TPSA) is 237 Å². The van der Waals surface area contributed by atoms with Crippen LogP contribution in [0.5, 0.6) is 0 Å². The number of hydrogen-bond acceptors (Lipinski definition) is 15. The van der Waals surface area contributed by atoms with Crippen LogP contribution >= 0.6 is 15.6 Å². The molecule has 17 nitrogen and oxygen atoms in total. The van der Waals surface area contributed by atoms with Gasteiger partial charge in [0.05, 0.1) is 26.4 Å². The Kier molecular flexibility index (Phi) is 59.4. The smallest absolute Gasteiger partial charge is 0.462 e. The molecular formula is C71H138O17P2. The van der Waals surface area contributed by atoms with Crippen molar-refractivity contribution in [1.29, 1.82) is 0 Å². The van der Waals surface area contributed by atoms with Gasteiger partial charge in [-0.2, -0.15) is 0 Å². The fraction of sp³-hybridized carbons (Fsp3) is 0.944. The summed E-state index contributed by atoms with van der Waals surface area (Å²) in [7, 11) is -9.90. The van der Waals surface area contributed by atoms with Gasteiger partial charge in [0.25, 0.3) is 0 Å². The molecule has 0 aliphatic heterocycles. The van der Waals surface area contributed by atoms with Gasteiger partial charge in [-0.05, 0) is 49.4 Å². The molecule has 0 aromatic carbocycles. The lowest BCUT2D eigenvalue weighted by Gasteiger charge is -2.21. The maximum atomic E-state index is 13.0. The van der Waals surface area contributed by atoms with Gasteiger partial charge in [0.15, 0.2) is 12.2 Å². The molecule has 3 N–H and O–H groups in total. The van der Waals surface area contributed by atoms with E-state index in [9.17, 15) is 43.2 Å². The first-order valence-corrected chi connectivity index (χ1v) is 39.7. The van der Waals surface area contributed by atoms with Crippen molar-refractivity contribution in [3.05, 3.63) is 0 Å². The number of aliphatic hydroxyl groups excluding tert-OH is 1. The molecule has 0 aromatic rings. The van der Waals surface area contributed by atoms with Crippen LogP contribution in [0.2, 0.25) is 0 Å². The molecule has 0 aliphatic rings. The predicted molar refractivity (Wildman–Crippen MR) is 363 cm³/mol. The second kappa shape index (κ2) is 60.7. The van der Waals surface area contributed by atoms with E-state index in [1.807, 2.05) is 0 Å². The van der Waals surface area contributed by atoms with E-state index in [0.29, 0.717) is 31.6 Å². The van der Waals surface area contributed by atoms with Crippen molar-refractivity contribution in [1.82, 2.24) is 0 Å². The largest absolute Gasteiger partial charge is 0.472 e. The summed E-state index contributed by atoms with van der Waals surface area (Å²) in [4.78, 5) is 72.5. The van der Waals surface area contributed by atoms with Crippen molar-refractivity contribution >= 4 is 39.5 Å². The molecular weight excluding hydrogens is 1190 g/mol. The van der Waals surface area contributed by atoms with E-state index in [0.717, 1.165) is 114 Å². The van der Waals surface area contributed by atoms with Crippen LogP contribution in [0, 0.1) is 23.7 Å². The molecule has 0 spiro atoms. The molecule has 5 atom stereocenters. The minimum absolute atomic E-state index is 0.103. The van der Waals surface area contributed by atoms with Gasteiger partial charge in [0.1, 0.15) is 19.3 Å². The third-order valence-electron chi connectivity index (χ3n) is 16.3. The Bertz CT molecular complexity index is 1780. The van der Waals surface area contributed by atoms with Gasteiger partial charge in [-0.25, -0.2) is 9.13 Å². The van der Waals surface area contributed by atoms with Crippen LogP contribution in [0.3, 0.4) is 0 Å². The number of hydrogen-bond donors (Lipinski definition) is 3. The molecule has 0 amide bonds. The van der Waals surface area contributed by atoms with Crippen molar-refractivity contribution in [3.63, 3.8) is 0 Å². The first-order valence-electron chi connectivity index (χ1n) is 36.7. The zero-order valence-corrected chi connectivity index (χ0v) is 60.6. The summed E-state index contributed by atoms with van der Waals surface area (Å²) >= 11 is 0. The summed E-state index contributed by atoms with van der Waals surface area (Å²) in [6.45, 7) is 14.1. The standard InChI is InChI=1S/C71H138O17P2/c1-61(2)47-39-31-23-16-14-12-10-9-11-13-15-17-28-37-45-53-70(75)87-67(58-82-69(74)52-44-36-30-22-26-34-42-50-64(7)8)60-86-90(79,80)84-56-65(72)55-83-89(77,78)85-59-66(88-71(76)54-46-38-29-21-19-25-33-41-49-63(5)6)57-81-68(73)51-43-35-27-20-18-24-32-40-48-62(3)4/h61-67,72H,9-60H2,1-8H3,(H,77,78)(H,79,80)/t65?,66-,67-/m1/s1. The predicted octanol–water partition coefficient (Wildman–Crippen LogP) is 20.1. The maximum Gasteiger partial charge on any atom is 0.472 e. The highest BCUT2D eigenvalue weighted by Gasteiger charge is 2.30. The average Bonchev–Trinajstić information content (AvgIpc) is 3.70. The van der Waals surface area contributed by atoms with Crippen molar-refractivity contribution in [3.8, 4) is 0 Å². The first-order chi connectivity index (χ1) is 43.1. The van der Waals surface area contributed by atoms with Crippen molar-refractivity contribution < 1.29 is 80.2 Å². The van der Waals surface area contributed by atoms with E-state index in [4.69, 9.17) is 37.0 Å². The third-order valence-corrected chi connectivity index (χ3v) is 18.2. The lowest BCUT2D eigenvalue weighted by molar-refractivity contribution is -0.161. The van der Waals surface area contributed by atoms with Gasteiger partial charge < -0.3 is 33.8 Å². The SMILES string of the molecule is CC(C)CCCCCCCCCCCCCCCCCC(=O)O[C@H](COC(=O)CCCCCCCCCC(C)C)COP(=O)(O)OCC(O)COP(=O)(O)OC[C@@H](COC(=O)CCCCCCCCCCC(C)C)OC(=O)CCCCCCCCCCC(C)C. The molecule has 0 aliphatic carbocycles. The molecule has 0 rings (SSSR count). The van der Waals surface area contributed by atoms with Gasteiger partial charge in [0, 0.05) is 25.7 Å². The number of carbonyl (C=O) groups is 4. The maximum absolute atomic E-state index is 13.0. The number of aliphatic hydroxyl groups is 1. The summed E-state index contributed by atoms with van der Waals surface area (Å²) in [5, 5.41) is 10.6. The van der Waals surface area contributed by atoms with Gasteiger partial charge in [-0.3, -0.25) is 37.3 Å². The Morgan fingerprint density at radius 2 is 0.467 bits per heavy atom. The Hall–Kier alpha value is -1.94. The van der Waals surface area contributed by atoms with E-state index in [1.54, 1.807) is 0 Å². The number of esters is 4. The van der Waals surface area contributed by atoms with Crippen molar-refractivity contribution in [2.75, 3.05) is 39.6 Å². The first kappa shape index (κ1) is 88.1. The van der Waals surface area contributed by atoms with Crippen molar-refractivity contribution in [2.45, 2.75) is 369 Å². The Labute approximate surface area is 549 Å². The number of phosphoric ester groups is 2. The quantitative estimate of drug-likeness (QED) is 0.0222. The van der Waals surface area contributed by atoms with Crippen LogP contribution in [0.1, 0.15) is 351 Å². The molecule has 0 fully saturated rings. The molecule has 0 bridgehead atoms. The van der Waals surface area contributed by atoms with E-state index in [2.05, 4.69) is 55.4 Å². The normalized spacial score (nSPS) is 14.3. The molecule has 534 valence electrons. The zero-order chi connectivity index (χ0) is 66.8. The molecule has 3 unspecified atom stereocenters. The summed E-state index contributed by atoms with van der Waals surface area (Å²) in [5.74, 6) is 0.821. The van der Waals surface area contributed by atoms with E-state index < -0.39 is 97.5 Å². The highest BCUT2D eigenvalue weighted by Crippen LogP contribution is 2.45. The van der Waals surface area contributed by atoms with Crippen LogP contribution in [-0.4, -0.2) is 96.7 Å². The summed E-state index contributed by atoms with van der Waals surface area (Å²) < 4.78 is 68.3. The van der Waals surface area contributed by atoms with E-state index in [-0.39, 0.29) is 25.7 Å². The Balaban J connectivity index is 5.22. The molecule has 0 radical (unpaired) electrons. The number of ether oxygens (including phenoxy) is 4. The molecule has 0 saturated carbocycles. The number of phosphoric acid groups is 2. The number of rotatable bonds is 68. The van der Waals surface area contributed by atoms with Crippen LogP contribution in [0.15, 0.2) is 0 Å². The lowest BCUT2D eigenvalue weighted by Crippen LogP contribution is -2.30. The fourth-order valence-corrected chi connectivity index (χ4v) is 12.2. The molecule has 90 heavy (non-hydrogen) atoms. The Morgan fingerprint density at radius 1 is 0.278 bits per heavy atom. The molecule has 0 saturated heterocycles. The third kappa shape index (κ3) is 64.8. The van der Waals surface area contributed by atoms with Gasteiger partial charge in [-0.1, -0.05) is 299 Å². The molecule has 0 aromatic heterocycles.